The van der Waals surface area contributed by atoms with Crippen molar-refractivity contribution in [2.45, 2.75) is 13.8 Å². The standard InChI is InChI=1S/C17H17NO3/c1-11-4-5-12(2)14(6-11)18-9-13-7-16-17(21-10-20-16)8-15(13)19-3/h4-9H,10H2,1-3H3. The van der Waals surface area contributed by atoms with Crippen molar-refractivity contribution in [3.05, 3.63) is 47.0 Å². The average Bonchev–Trinajstić information content (AvgIpc) is 2.94. The summed E-state index contributed by atoms with van der Waals surface area (Å²) in [6.07, 6.45) is 1.79. The summed E-state index contributed by atoms with van der Waals surface area (Å²) in [7, 11) is 1.63. The maximum absolute atomic E-state index is 5.39. The molecule has 2 aromatic carbocycles. The zero-order chi connectivity index (χ0) is 14.8. The molecule has 0 bridgehead atoms. The fourth-order valence-electron chi connectivity index (χ4n) is 2.21. The molecule has 0 fully saturated rings. The Hall–Kier alpha value is -2.49. The van der Waals surface area contributed by atoms with Gasteiger partial charge in [-0.2, -0.15) is 0 Å². The molecule has 0 saturated carbocycles. The molecular weight excluding hydrogens is 266 g/mol. The van der Waals surface area contributed by atoms with Crippen molar-refractivity contribution in [3.63, 3.8) is 0 Å². The van der Waals surface area contributed by atoms with E-state index >= 15 is 0 Å². The van der Waals surface area contributed by atoms with E-state index in [4.69, 9.17) is 14.2 Å². The van der Waals surface area contributed by atoms with Crippen LogP contribution in [-0.2, 0) is 0 Å². The highest BCUT2D eigenvalue weighted by Gasteiger charge is 2.16. The lowest BCUT2D eigenvalue weighted by atomic mass is 10.1. The normalized spacial score (nSPS) is 12.9. The topological polar surface area (TPSA) is 40.0 Å². The molecule has 0 aromatic heterocycles. The highest BCUT2D eigenvalue weighted by molar-refractivity contribution is 5.87. The number of benzene rings is 2. The third-order valence-corrected chi connectivity index (χ3v) is 3.43. The van der Waals surface area contributed by atoms with Gasteiger partial charge in [0.2, 0.25) is 6.79 Å². The van der Waals surface area contributed by atoms with E-state index < -0.39 is 0 Å². The van der Waals surface area contributed by atoms with Crippen LogP contribution < -0.4 is 14.2 Å². The summed E-state index contributed by atoms with van der Waals surface area (Å²) in [6.45, 7) is 4.35. The van der Waals surface area contributed by atoms with Crippen LogP contribution in [0.1, 0.15) is 16.7 Å². The van der Waals surface area contributed by atoms with Crippen LogP contribution in [0.3, 0.4) is 0 Å². The first-order valence-electron chi connectivity index (χ1n) is 6.76. The fraction of sp³-hybridized carbons (Fsp3) is 0.235. The van der Waals surface area contributed by atoms with Crippen LogP contribution in [0.2, 0.25) is 0 Å². The molecule has 4 heteroatoms. The van der Waals surface area contributed by atoms with Gasteiger partial charge in [0, 0.05) is 17.8 Å². The minimum atomic E-state index is 0.246. The monoisotopic (exact) mass is 283 g/mol. The second-order valence-corrected chi connectivity index (χ2v) is 5.00. The molecule has 4 nitrogen and oxygen atoms in total. The van der Waals surface area contributed by atoms with Gasteiger partial charge in [0.25, 0.3) is 0 Å². The van der Waals surface area contributed by atoms with Crippen molar-refractivity contribution in [2.75, 3.05) is 13.9 Å². The number of aliphatic imine (C=N–C) groups is 1. The first-order valence-corrected chi connectivity index (χ1v) is 6.76. The average molecular weight is 283 g/mol. The molecule has 0 radical (unpaired) electrons. The van der Waals surface area contributed by atoms with Crippen molar-refractivity contribution in [3.8, 4) is 17.2 Å². The van der Waals surface area contributed by atoms with E-state index in [1.54, 1.807) is 13.3 Å². The van der Waals surface area contributed by atoms with Gasteiger partial charge in [-0.05, 0) is 37.1 Å². The molecule has 0 unspecified atom stereocenters. The number of hydrogen-bond acceptors (Lipinski definition) is 4. The number of hydrogen-bond donors (Lipinski definition) is 0. The van der Waals surface area contributed by atoms with Gasteiger partial charge in [0.05, 0.1) is 12.8 Å². The van der Waals surface area contributed by atoms with Gasteiger partial charge in [0.1, 0.15) is 5.75 Å². The Balaban J connectivity index is 1.97. The molecule has 0 saturated heterocycles. The lowest BCUT2D eigenvalue weighted by Gasteiger charge is -2.06. The summed E-state index contributed by atoms with van der Waals surface area (Å²) in [5.74, 6) is 2.14. The Morgan fingerprint density at radius 3 is 2.62 bits per heavy atom. The minimum Gasteiger partial charge on any atom is -0.496 e. The van der Waals surface area contributed by atoms with E-state index in [0.717, 1.165) is 22.6 Å². The number of rotatable bonds is 3. The summed E-state index contributed by atoms with van der Waals surface area (Å²) in [5, 5.41) is 0. The number of ether oxygens (including phenoxy) is 3. The fourth-order valence-corrected chi connectivity index (χ4v) is 2.21. The first kappa shape index (κ1) is 13.5. The molecule has 1 heterocycles. The summed E-state index contributed by atoms with van der Waals surface area (Å²) in [5.41, 5.74) is 4.14. The van der Waals surface area contributed by atoms with Crippen LogP contribution in [0.5, 0.6) is 17.2 Å². The number of methoxy groups -OCH3 is 1. The summed E-state index contributed by atoms with van der Waals surface area (Å²) >= 11 is 0. The Labute approximate surface area is 124 Å². The lowest BCUT2D eigenvalue weighted by molar-refractivity contribution is 0.174. The second kappa shape index (κ2) is 5.48. The molecule has 0 aliphatic carbocycles. The van der Waals surface area contributed by atoms with Gasteiger partial charge >= 0.3 is 0 Å². The number of fused-ring (bicyclic) bond motifs is 1. The van der Waals surface area contributed by atoms with Gasteiger partial charge in [-0.25, -0.2) is 0 Å². The van der Waals surface area contributed by atoms with E-state index in [-0.39, 0.29) is 6.79 Å². The SMILES string of the molecule is COc1cc2c(cc1C=Nc1cc(C)ccc1C)OCO2. The van der Waals surface area contributed by atoms with Gasteiger partial charge in [0.15, 0.2) is 11.5 Å². The molecule has 0 atom stereocenters. The summed E-state index contributed by atoms with van der Waals surface area (Å²) in [4.78, 5) is 4.57. The van der Waals surface area contributed by atoms with Crippen LogP contribution in [0.15, 0.2) is 35.3 Å². The molecule has 2 aromatic rings. The molecule has 0 amide bonds. The van der Waals surface area contributed by atoms with Crippen molar-refractivity contribution in [1.82, 2.24) is 0 Å². The number of aryl methyl sites for hydroxylation is 2. The zero-order valence-electron chi connectivity index (χ0n) is 12.3. The Kier molecular flexibility index (Phi) is 3.52. The predicted octanol–water partition coefficient (Wildman–Crippen LogP) is 3.79. The quantitative estimate of drug-likeness (QED) is 0.805. The second-order valence-electron chi connectivity index (χ2n) is 5.00. The maximum atomic E-state index is 5.39. The molecule has 108 valence electrons. The Morgan fingerprint density at radius 1 is 1.10 bits per heavy atom. The third kappa shape index (κ3) is 2.70. The molecule has 0 spiro atoms. The molecule has 3 rings (SSSR count). The van der Waals surface area contributed by atoms with E-state index in [1.807, 2.05) is 19.1 Å². The third-order valence-electron chi connectivity index (χ3n) is 3.43. The van der Waals surface area contributed by atoms with Gasteiger partial charge in [-0.1, -0.05) is 12.1 Å². The van der Waals surface area contributed by atoms with Crippen LogP contribution in [0.4, 0.5) is 5.69 Å². The summed E-state index contributed by atoms with van der Waals surface area (Å²) < 4.78 is 16.1. The van der Waals surface area contributed by atoms with E-state index in [0.29, 0.717) is 11.5 Å². The predicted molar refractivity (Wildman–Crippen MR) is 82.3 cm³/mol. The highest BCUT2D eigenvalue weighted by Crippen LogP contribution is 2.37. The largest absolute Gasteiger partial charge is 0.496 e. The molecule has 21 heavy (non-hydrogen) atoms. The van der Waals surface area contributed by atoms with Crippen molar-refractivity contribution in [1.29, 1.82) is 0 Å². The van der Waals surface area contributed by atoms with Crippen LogP contribution in [0.25, 0.3) is 0 Å². The van der Waals surface area contributed by atoms with E-state index in [9.17, 15) is 0 Å². The summed E-state index contributed by atoms with van der Waals surface area (Å²) in [6, 6.07) is 9.92. The van der Waals surface area contributed by atoms with Crippen LogP contribution in [0, 0.1) is 13.8 Å². The Morgan fingerprint density at radius 2 is 1.86 bits per heavy atom. The van der Waals surface area contributed by atoms with Crippen molar-refractivity contribution in [2.24, 2.45) is 4.99 Å². The number of nitrogens with zero attached hydrogens (tertiary/aromatic N) is 1. The van der Waals surface area contributed by atoms with Crippen LogP contribution >= 0.6 is 0 Å². The molecule has 0 N–H and O–H groups in total. The van der Waals surface area contributed by atoms with Crippen LogP contribution in [-0.4, -0.2) is 20.1 Å². The van der Waals surface area contributed by atoms with E-state index in [2.05, 4.69) is 30.1 Å². The molecule has 1 aliphatic heterocycles. The van der Waals surface area contributed by atoms with Crippen molar-refractivity contribution < 1.29 is 14.2 Å². The zero-order valence-corrected chi connectivity index (χ0v) is 12.3. The highest BCUT2D eigenvalue weighted by atomic mass is 16.7. The lowest BCUT2D eigenvalue weighted by Crippen LogP contribution is -1.92. The smallest absolute Gasteiger partial charge is 0.231 e. The van der Waals surface area contributed by atoms with Gasteiger partial charge < -0.3 is 14.2 Å². The van der Waals surface area contributed by atoms with Crippen molar-refractivity contribution >= 4 is 11.9 Å². The minimum absolute atomic E-state index is 0.246. The van der Waals surface area contributed by atoms with Gasteiger partial charge in [-0.15, -0.1) is 0 Å². The maximum Gasteiger partial charge on any atom is 0.231 e. The molecule has 1 aliphatic rings. The van der Waals surface area contributed by atoms with Gasteiger partial charge in [-0.3, -0.25) is 4.99 Å². The first-order chi connectivity index (χ1) is 10.2. The molecular formula is C17H17NO3. The van der Waals surface area contributed by atoms with E-state index in [1.165, 1.54) is 5.56 Å². The Bertz CT molecular complexity index is 707.